The van der Waals surface area contributed by atoms with E-state index in [9.17, 15) is 9.18 Å². The van der Waals surface area contributed by atoms with E-state index < -0.39 is 6.04 Å². The zero-order chi connectivity index (χ0) is 21.6. The number of anilines is 2. The molecule has 0 spiro atoms. The molecule has 0 aliphatic carbocycles. The summed E-state index contributed by atoms with van der Waals surface area (Å²) in [5, 5.41) is 3.05. The van der Waals surface area contributed by atoms with Gasteiger partial charge in [0.1, 0.15) is 17.6 Å². The topological polar surface area (TPSA) is 44.8 Å². The molecule has 5 nitrogen and oxygen atoms in total. The largest absolute Gasteiger partial charge is 0.497 e. The lowest BCUT2D eigenvalue weighted by molar-refractivity contribution is -0.121. The van der Waals surface area contributed by atoms with E-state index >= 15 is 0 Å². The number of rotatable bonds is 6. The van der Waals surface area contributed by atoms with Gasteiger partial charge in [0.2, 0.25) is 5.91 Å². The van der Waals surface area contributed by atoms with Crippen LogP contribution in [0.15, 0.2) is 78.9 Å². The van der Waals surface area contributed by atoms with Gasteiger partial charge in [-0.25, -0.2) is 4.39 Å². The molecular weight excluding hydrogens is 393 g/mol. The van der Waals surface area contributed by atoms with Crippen LogP contribution in [0.3, 0.4) is 0 Å². The first-order chi connectivity index (χ1) is 15.1. The summed E-state index contributed by atoms with van der Waals surface area (Å²) >= 11 is 0. The first-order valence-electron chi connectivity index (χ1n) is 10.4. The summed E-state index contributed by atoms with van der Waals surface area (Å²) < 4.78 is 18.5. The molecule has 1 N–H and O–H groups in total. The number of nitrogens with one attached hydrogen (secondary N) is 1. The number of nitrogens with zero attached hydrogens (tertiary/aromatic N) is 2. The van der Waals surface area contributed by atoms with E-state index in [1.54, 1.807) is 19.2 Å². The number of ether oxygens (including phenoxy) is 1. The van der Waals surface area contributed by atoms with Gasteiger partial charge < -0.3 is 15.0 Å². The monoisotopic (exact) mass is 419 g/mol. The fraction of sp³-hybridized carbons (Fsp3) is 0.240. The van der Waals surface area contributed by atoms with E-state index in [2.05, 4.69) is 15.1 Å². The third-order valence-electron chi connectivity index (χ3n) is 5.57. The van der Waals surface area contributed by atoms with Crippen LogP contribution >= 0.6 is 0 Å². The van der Waals surface area contributed by atoms with Gasteiger partial charge in [0.25, 0.3) is 0 Å². The van der Waals surface area contributed by atoms with Gasteiger partial charge in [0.15, 0.2) is 0 Å². The highest BCUT2D eigenvalue weighted by molar-refractivity contribution is 5.95. The molecule has 160 valence electrons. The maximum atomic E-state index is 13.4. The van der Waals surface area contributed by atoms with Crippen LogP contribution in [0.1, 0.15) is 11.6 Å². The predicted molar refractivity (Wildman–Crippen MR) is 121 cm³/mol. The average Bonchev–Trinajstić information content (AvgIpc) is 2.81. The van der Waals surface area contributed by atoms with Crippen molar-refractivity contribution in [2.24, 2.45) is 0 Å². The van der Waals surface area contributed by atoms with Crippen molar-refractivity contribution in [1.82, 2.24) is 4.90 Å². The summed E-state index contributed by atoms with van der Waals surface area (Å²) in [6.07, 6.45) is 0. The van der Waals surface area contributed by atoms with Crippen LogP contribution in [0.25, 0.3) is 0 Å². The lowest BCUT2D eigenvalue weighted by Crippen LogP contribution is -2.50. The molecule has 1 atom stereocenters. The Labute approximate surface area is 182 Å². The van der Waals surface area contributed by atoms with Gasteiger partial charge in [0.05, 0.1) is 7.11 Å². The molecule has 3 aromatic rings. The smallest absolute Gasteiger partial charge is 0.246 e. The minimum absolute atomic E-state index is 0.0744. The highest BCUT2D eigenvalue weighted by Gasteiger charge is 2.30. The predicted octanol–water partition coefficient (Wildman–Crippen LogP) is 4.34. The maximum Gasteiger partial charge on any atom is 0.246 e. The Morgan fingerprint density at radius 3 is 2.32 bits per heavy atom. The number of piperazine rings is 1. The molecule has 0 aromatic heterocycles. The average molecular weight is 420 g/mol. The van der Waals surface area contributed by atoms with Crippen molar-refractivity contribution in [3.8, 4) is 5.75 Å². The lowest BCUT2D eigenvalue weighted by Gasteiger charge is -2.39. The number of carbonyl (C=O) groups is 1. The number of benzene rings is 3. The fourth-order valence-corrected chi connectivity index (χ4v) is 3.97. The highest BCUT2D eigenvalue weighted by atomic mass is 19.1. The first-order valence-corrected chi connectivity index (χ1v) is 10.4. The first kappa shape index (κ1) is 20.9. The zero-order valence-corrected chi connectivity index (χ0v) is 17.5. The Morgan fingerprint density at radius 1 is 0.935 bits per heavy atom. The molecule has 1 amide bonds. The van der Waals surface area contributed by atoms with Gasteiger partial charge in [-0.3, -0.25) is 9.69 Å². The molecule has 0 saturated carbocycles. The molecule has 1 aliphatic heterocycles. The van der Waals surface area contributed by atoms with Crippen LogP contribution in [-0.2, 0) is 4.79 Å². The third kappa shape index (κ3) is 5.03. The zero-order valence-electron chi connectivity index (χ0n) is 17.5. The third-order valence-corrected chi connectivity index (χ3v) is 5.57. The van der Waals surface area contributed by atoms with Gasteiger partial charge in [-0.2, -0.15) is 0 Å². The normalized spacial score (nSPS) is 15.4. The van der Waals surface area contributed by atoms with Crippen molar-refractivity contribution < 1.29 is 13.9 Å². The molecule has 1 aliphatic rings. The van der Waals surface area contributed by atoms with Crippen molar-refractivity contribution >= 4 is 17.3 Å². The van der Waals surface area contributed by atoms with Gasteiger partial charge >= 0.3 is 0 Å². The van der Waals surface area contributed by atoms with Gasteiger partial charge in [-0.05, 0) is 42.0 Å². The molecule has 0 bridgehead atoms. The Bertz CT molecular complexity index is 1000. The summed E-state index contributed by atoms with van der Waals surface area (Å²) in [7, 11) is 1.61. The Kier molecular flexibility index (Phi) is 6.48. The molecule has 3 aromatic carbocycles. The minimum atomic E-state index is -0.400. The van der Waals surface area contributed by atoms with Crippen LogP contribution in [0, 0.1) is 5.82 Å². The maximum absolute atomic E-state index is 13.4. The molecule has 0 unspecified atom stereocenters. The molecule has 1 saturated heterocycles. The number of amides is 1. The number of halogens is 1. The minimum Gasteiger partial charge on any atom is -0.497 e. The van der Waals surface area contributed by atoms with E-state index in [1.165, 1.54) is 12.1 Å². The summed E-state index contributed by atoms with van der Waals surface area (Å²) in [5.74, 6) is 0.386. The van der Waals surface area contributed by atoms with E-state index in [0.29, 0.717) is 11.4 Å². The Morgan fingerprint density at radius 2 is 1.65 bits per heavy atom. The van der Waals surface area contributed by atoms with Crippen molar-refractivity contribution in [3.05, 3.63) is 90.2 Å². The van der Waals surface area contributed by atoms with Crippen LogP contribution in [0.2, 0.25) is 0 Å². The van der Waals surface area contributed by atoms with E-state index in [-0.39, 0.29) is 11.7 Å². The van der Waals surface area contributed by atoms with Gasteiger partial charge in [-0.15, -0.1) is 0 Å². The second kappa shape index (κ2) is 9.62. The number of hydrogen-bond donors (Lipinski definition) is 1. The van der Waals surface area contributed by atoms with Crippen LogP contribution in [0.5, 0.6) is 5.75 Å². The summed E-state index contributed by atoms with van der Waals surface area (Å²) in [5.41, 5.74) is 2.66. The molecule has 4 rings (SSSR count). The SMILES string of the molecule is COc1cccc(NC(=O)[C@@H](c2ccccc2)N2CCN(c3ccc(F)cc3)CC2)c1. The molecule has 6 heteroatoms. The van der Waals surface area contributed by atoms with Gasteiger partial charge in [0, 0.05) is 43.6 Å². The molecule has 31 heavy (non-hydrogen) atoms. The van der Waals surface area contributed by atoms with Crippen molar-refractivity contribution in [1.29, 1.82) is 0 Å². The number of carbonyl (C=O) groups excluding carboxylic acids is 1. The van der Waals surface area contributed by atoms with E-state index in [1.807, 2.05) is 54.6 Å². The molecule has 1 fully saturated rings. The quantitative estimate of drug-likeness (QED) is 0.646. The number of methoxy groups -OCH3 is 1. The standard InChI is InChI=1S/C25H26FN3O2/c1-31-23-9-5-8-21(18-23)27-25(30)24(19-6-3-2-4-7-19)29-16-14-28(15-17-29)22-12-10-20(26)11-13-22/h2-13,18,24H,14-17H2,1H3,(H,27,30)/t24-/m1/s1. The van der Waals surface area contributed by atoms with Crippen LogP contribution < -0.4 is 15.0 Å². The van der Waals surface area contributed by atoms with E-state index in [0.717, 1.165) is 37.4 Å². The Hall–Kier alpha value is -3.38. The highest BCUT2D eigenvalue weighted by Crippen LogP contribution is 2.27. The van der Waals surface area contributed by atoms with Crippen molar-refractivity contribution in [3.63, 3.8) is 0 Å². The Balaban J connectivity index is 1.50. The fourth-order valence-electron chi connectivity index (χ4n) is 3.97. The van der Waals surface area contributed by atoms with E-state index in [4.69, 9.17) is 4.74 Å². The molecule has 0 radical (unpaired) electrons. The van der Waals surface area contributed by atoms with Crippen LogP contribution in [0.4, 0.5) is 15.8 Å². The van der Waals surface area contributed by atoms with Crippen LogP contribution in [-0.4, -0.2) is 44.1 Å². The molecule has 1 heterocycles. The van der Waals surface area contributed by atoms with Crippen molar-refractivity contribution in [2.75, 3.05) is 43.5 Å². The summed E-state index contributed by atoms with van der Waals surface area (Å²) in [6, 6.07) is 23.4. The second-order valence-corrected chi connectivity index (χ2v) is 7.53. The van der Waals surface area contributed by atoms with Crippen molar-refractivity contribution in [2.45, 2.75) is 6.04 Å². The number of hydrogen-bond acceptors (Lipinski definition) is 4. The lowest BCUT2D eigenvalue weighted by atomic mass is 10.0. The summed E-state index contributed by atoms with van der Waals surface area (Å²) in [4.78, 5) is 17.8. The second-order valence-electron chi connectivity index (χ2n) is 7.53. The van der Waals surface area contributed by atoms with Gasteiger partial charge in [-0.1, -0.05) is 36.4 Å². The molecular formula is C25H26FN3O2. The summed E-state index contributed by atoms with van der Waals surface area (Å²) in [6.45, 7) is 2.98.